The van der Waals surface area contributed by atoms with Crippen molar-refractivity contribution < 1.29 is 9.16 Å². The molecule has 1 fully saturated rings. The first-order valence-corrected chi connectivity index (χ1v) is 12.9. The van der Waals surface area contributed by atoms with E-state index in [-0.39, 0.29) is 10.6 Å². The summed E-state index contributed by atoms with van der Waals surface area (Å²) in [6.07, 6.45) is 8.23. The largest absolute Gasteiger partial charge is 0.535 e. The van der Waals surface area contributed by atoms with Gasteiger partial charge in [0.1, 0.15) is 11.4 Å². The molecule has 4 rings (SSSR count). The molecule has 3 heteroatoms. The Kier molecular flexibility index (Phi) is 5.47. The minimum absolute atomic E-state index is 0.0295. The number of ether oxygens (including phenoxy) is 1. The second-order valence-electron chi connectivity index (χ2n) is 9.61. The van der Waals surface area contributed by atoms with E-state index >= 15 is 0 Å². The summed E-state index contributed by atoms with van der Waals surface area (Å²) in [4.78, 5) is 0. The van der Waals surface area contributed by atoms with Crippen LogP contribution >= 0.6 is 0 Å². The van der Waals surface area contributed by atoms with Crippen LogP contribution in [0.4, 0.5) is 0 Å². The number of benzene rings is 2. The Morgan fingerprint density at radius 3 is 2.00 bits per heavy atom. The summed E-state index contributed by atoms with van der Waals surface area (Å²) in [5, 5.41) is 2.62. The smallest absolute Gasteiger partial charge is 0.319 e. The Morgan fingerprint density at radius 2 is 1.48 bits per heavy atom. The fourth-order valence-electron chi connectivity index (χ4n) is 5.58. The second kappa shape index (κ2) is 7.77. The molecular formula is C26H34O2Si. The lowest BCUT2D eigenvalue weighted by Gasteiger charge is -2.47. The van der Waals surface area contributed by atoms with E-state index in [0.717, 1.165) is 18.6 Å². The molecule has 2 nitrogen and oxygen atoms in total. The van der Waals surface area contributed by atoms with E-state index < -0.39 is 8.32 Å². The van der Waals surface area contributed by atoms with Gasteiger partial charge in [-0.3, -0.25) is 0 Å². The monoisotopic (exact) mass is 406 g/mol. The molecule has 0 unspecified atom stereocenters. The minimum atomic E-state index is -2.60. The predicted octanol–water partition coefficient (Wildman–Crippen LogP) is 5.43. The number of rotatable bonds is 5. The molecule has 2 aliphatic carbocycles. The standard InChI is InChI=1S/C26H34O2Si/c1-25(2,3)29(22-14-7-5-8-15-22,23-16-9-6-10-17-23)28-24-19-18-21-13-11-12-20-26(21,24)27-4/h5-10,14-17,19,21H,11-13,18,20H2,1-4H3/t21-,26+/m0/s1. The lowest BCUT2D eigenvalue weighted by Crippen LogP contribution is -2.67. The Hall–Kier alpha value is -1.84. The van der Waals surface area contributed by atoms with Crippen molar-refractivity contribution in [1.29, 1.82) is 0 Å². The molecule has 0 saturated heterocycles. The van der Waals surface area contributed by atoms with Gasteiger partial charge >= 0.3 is 8.32 Å². The first-order valence-electron chi connectivity index (χ1n) is 11.0. The van der Waals surface area contributed by atoms with Crippen LogP contribution < -0.4 is 10.4 Å². The highest BCUT2D eigenvalue weighted by atomic mass is 28.4. The van der Waals surface area contributed by atoms with E-state index in [2.05, 4.69) is 87.5 Å². The topological polar surface area (TPSA) is 18.5 Å². The lowest BCUT2D eigenvalue weighted by atomic mass is 9.77. The van der Waals surface area contributed by atoms with Gasteiger partial charge in [-0.05, 0) is 46.7 Å². The summed E-state index contributed by atoms with van der Waals surface area (Å²) >= 11 is 0. The van der Waals surface area contributed by atoms with Gasteiger partial charge in [0, 0.05) is 7.11 Å². The fraction of sp³-hybridized carbons (Fsp3) is 0.462. The zero-order valence-electron chi connectivity index (χ0n) is 18.3. The van der Waals surface area contributed by atoms with E-state index in [0.29, 0.717) is 5.92 Å². The number of fused-ring (bicyclic) bond motifs is 1. The highest BCUT2D eigenvalue weighted by Crippen LogP contribution is 2.51. The number of hydrogen-bond acceptors (Lipinski definition) is 2. The molecule has 1 saturated carbocycles. The maximum atomic E-state index is 7.37. The van der Waals surface area contributed by atoms with Crippen molar-refractivity contribution >= 4 is 18.7 Å². The van der Waals surface area contributed by atoms with E-state index in [9.17, 15) is 0 Å². The first-order chi connectivity index (χ1) is 13.9. The van der Waals surface area contributed by atoms with Crippen LogP contribution in [-0.2, 0) is 9.16 Å². The minimum Gasteiger partial charge on any atom is -0.535 e. The van der Waals surface area contributed by atoms with Gasteiger partial charge in [0.25, 0.3) is 0 Å². The Balaban J connectivity index is 1.88. The predicted molar refractivity (Wildman–Crippen MR) is 123 cm³/mol. The molecule has 2 aromatic rings. The number of methoxy groups -OCH3 is 1. The molecular weight excluding hydrogens is 372 g/mol. The van der Waals surface area contributed by atoms with Gasteiger partial charge in [-0.15, -0.1) is 0 Å². The van der Waals surface area contributed by atoms with Crippen molar-refractivity contribution in [1.82, 2.24) is 0 Å². The van der Waals surface area contributed by atoms with Crippen molar-refractivity contribution in [2.45, 2.75) is 63.5 Å². The van der Waals surface area contributed by atoms with Gasteiger partial charge in [0.05, 0.1) is 0 Å². The molecule has 2 atom stereocenters. The molecule has 154 valence electrons. The van der Waals surface area contributed by atoms with Crippen molar-refractivity contribution in [3.8, 4) is 0 Å². The van der Waals surface area contributed by atoms with E-state index in [1.165, 1.54) is 29.6 Å². The zero-order valence-corrected chi connectivity index (χ0v) is 19.3. The van der Waals surface area contributed by atoms with Crippen LogP contribution in [0.2, 0.25) is 5.04 Å². The van der Waals surface area contributed by atoms with Crippen molar-refractivity contribution in [3.63, 3.8) is 0 Å². The molecule has 0 amide bonds. The highest BCUT2D eigenvalue weighted by molar-refractivity contribution is 6.99. The molecule has 29 heavy (non-hydrogen) atoms. The number of allylic oxidation sites excluding steroid dienone is 1. The van der Waals surface area contributed by atoms with Crippen LogP contribution in [0.15, 0.2) is 72.5 Å². The van der Waals surface area contributed by atoms with Gasteiger partial charge < -0.3 is 9.16 Å². The van der Waals surface area contributed by atoms with E-state index in [1.54, 1.807) is 0 Å². The molecule has 0 aromatic heterocycles. The Labute approximate surface area is 177 Å². The number of hydrogen-bond donors (Lipinski definition) is 0. The quantitative estimate of drug-likeness (QED) is 0.617. The van der Waals surface area contributed by atoms with Crippen molar-refractivity contribution in [2.24, 2.45) is 5.92 Å². The summed E-state index contributed by atoms with van der Waals surface area (Å²) in [6, 6.07) is 21.8. The SMILES string of the molecule is CO[C@]12CCCC[C@H]1CC=C2O[Si](c1ccccc1)(c1ccccc1)C(C)(C)C. The third-order valence-corrected chi connectivity index (χ3v) is 12.0. The van der Waals surface area contributed by atoms with Gasteiger partial charge in [0.2, 0.25) is 0 Å². The molecule has 2 aliphatic rings. The summed E-state index contributed by atoms with van der Waals surface area (Å²) < 4.78 is 13.6. The molecule has 0 N–H and O–H groups in total. The van der Waals surface area contributed by atoms with Gasteiger partial charge in [0.15, 0.2) is 0 Å². The summed E-state index contributed by atoms with van der Waals surface area (Å²) in [7, 11) is -0.721. The second-order valence-corrected chi connectivity index (χ2v) is 13.8. The Bertz CT molecular complexity index is 814. The lowest BCUT2D eigenvalue weighted by molar-refractivity contribution is -0.0644. The highest BCUT2D eigenvalue weighted by Gasteiger charge is 2.57. The molecule has 0 radical (unpaired) electrons. The average molecular weight is 407 g/mol. The van der Waals surface area contributed by atoms with Gasteiger partial charge in [-0.25, -0.2) is 0 Å². The van der Waals surface area contributed by atoms with Crippen LogP contribution in [0.1, 0.15) is 52.9 Å². The van der Waals surface area contributed by atoms with Gasteiger partial charge in [-0.1, -0.05) is 94.3 Å². The van der Waals surface area contributed by atoms with Crippen LogP contribution in [-0.4, -0.2) is 21.0 Å². The van der Waals surface area contributed by atoms with Crippen molar-refractivity contribution in [2.75, 3.05) is 7.11 Å². The summed E-state index contributed by atoms with van der Waals surface area (Å²) in [5.74, 6) is 1.65. The molecule has 0 aliphatic heterocycles. The molecule has 0 spiro atoms. The summed E-state index contributed by atoms with van der Waals surface area (Å²) in [5.41, 5.74) is -0.245. The fourth-order valence-corrected chi connectivity index (χ4v) is 10.1. The maximum Gasteiger partial charge on any atom is 0.319 e. The molecule has 0 bridgehead atoms. The van der Waals surface area contributed by atoms with Crippen molar-refractivity contribution in [3.05, 3.63) is 72.5 Å². The first kappa shape index (κ1) is 20.4. The van der Waals surface area contributed by atoms with Crippen LogP contribution in [0, 0.1) is 5.92 Å². The average Bonchev–Trinajstić information content (AvgIpc) is 3.11. The van der Waals surface area contributed by atoms with Crippen LogP contribution in [0.3, 0.4) is 0 Å². The zero-order chi connectivity index (χ0) is 20.5. The van der Waals surface area contributed by atoms with E-state index in [1.807, 2.05) is 7.11 Å². The maximum absolute atomic E-state index is 7.37. The third-order valence-electron chi connectivity index (χ3n) is 7.06. The molecule has 0 heterocycles. The van der Waals surface area contributed by atoms with Crippen LogP contribution in [0.5, 0.6) is 0 Å². The Morgan fingerprint density at radius 1 is 0.897 bits per heavy atom. The molecule has 2 aromatic carbocycles. The third kappa shape index (κ3) is 3.29. The van der Waals surface area contributed by atoms with Crippen LogP contribution in [0.25, 0.3) is 0 Å². The summed E-state index contributed by atoms with van der Waals surface area (Å²) in [6.45, 7) is 7.02. The van der Waals surface area contributed by atoms with E-state index in [4.69, 9.17) is 9.16 Å². The normalized spacial score (nSPS) is 24.7. The van der Waals surface area contributed by atoms with Gasteiger partial charge in [-0.2, -0.15) is 0 Å².